The van der Waals surface area contributed by atoms with Crippen molar-refractivity contribution in [2.75, 3.05) is 7.05 Å². The Bertz CT molecular complexity index is 546. The van der Waals surface area contributed by atoms with Gasteiger partial charge in [0.25, 0.3) is 0 Å². The van der Waals surface area contributed by atoms with Crippen molar-refractivity contribution in [2.45, 2.75) is 58.4 Å². The number of benzene rings is 1. The summed E-state index contributed by atoms with van der Waals surface area (Å²) in [4.78, 5) is 26.4. The van der Waals surface area contributed by atoms with Gasteiger partial charge < -0.3 is 9.84 Å². The number of hydrogen-bond donors (Lipinski definition) is 1. The molecule has 1 aromatic rings. The molecular formula is C18H27NO4. The van der Waals surface area contributed by atoms with Gasteiger partial charge in [0, 0.05) is 6.54 Å². The maximum absolute atomic E-state index is 12.5. The Balaban J connectivity index is 2.79. The molecule has 0 spiro atoms. The van der Waals surface area contributed by atoms with Crippen LogP contribution in [0.15, 0.2) is 30.3 Å². The first-order valence-electron chi connectivity index (χ1n) is 7.69. The van der Waals surface area contributed by atoms with Gasteiger partial charge in [0.1, 0.15) is 5.60 Å². The molecule has 0 aromatic heterocycles. The van der Waals surface area contributed by atoms with Crippen LogP contribution in [-0.4, -0.2) is 46.1 Å². The fraction of sp³-hybridized carbons (Fsp3) is 0.556. The molecule has 0 aliphatic heterocycles. The van der Waals surface area contributed by atoms with E-state index >= 15 is 0 Å². The molecule has 0 bridgehead atoms. The molecule has 0 aliphatic carbocycles. The van der Waals surface area contributed by atoms with Crippen LogP contribution in [0, 0.1) is 0 Å². The second-order valence-electron chi connectivity index (χ2n) is 7.02. The smallest absolute Gasteiger partial charge is 0.346 e. The Morgan fingerprint density at radius 2 is 1.70 bits per heavy atom. The Kier molecular flexibility index (Phi) is 6.08. The number of Topliss-reactive ketones (excluding diaryl/α,β-unsaturated/α-hetero) is 1. The third kappa shape index (κ3) is 5.44. The lowest BCUT2D eigenvalue weighted by molar-refractivity contribution is -0.179. The number of ether oxygens (including phenoxy) is 1. The Labute approximate surface area is 138 Å². The highest BCUT2D eigenvalue weighted by atomic mass is 16.6. The van der Waals surface area contributed by atoms with E-state index in [9.17, 15) is 14.7 Å². The van der Waals surface area contributed by atoms with Gasteiger partial charge in [-0.3, -0.25) is 9.69 Å². The average molecular weight is 321 g/mol. The van der Waals surface area contributed by atoms with Crippen molar-refractivity contribution >= 4 is 11.8 Å². The quantitative estimate of drug-likeness (QED) is 0.642. The van der Waals surface area contributed by atoms with Crippen LogP contribution < -0.4 is 0 Å². The zero-order valence-electron chi connectivity index (χ0n) is 14.8. The molecule has 1 unspecified atom stereocenters. The molecule has 0 radical (unpaired) electrons. The van der Waals surface area contributed by atoms with Gasteiger partial charge in [0.15, 0.2) is 5.78 Å². The summed E-state index contributed by atoms with van der Waals surface area (Å²) in [5, 5.41) is 10.3. The van der Waals surface area contributed by atoms with E-state index in [0.29, 0.717) is 6.54 Å². The van der Waals surface area contributed by atoms with Crippen molar-refractivity contribution in [3.05, 3.63) is 35.9 Å². The van der Waals surface area contributed by atoms with E-state index in [1.807, 2.05) is 30.3 Å². The van der Waals surface area contributed by atoms with E-state index in [1.54, 1.807) is 39.6 Å². The largest absolute Gasteiger partial charge is 0.457 e. The van der Waals surface area contributed by atoms with Crippen molar-refractivity contribution in [3.8, 4) is 0 Å². The highest BCUT2D eigenvalue weighted by Crippen LogP contribution is 2.19. The summed E-state index contributed by atoms with van der Waals surface area (Å²) in [7, 11) is 1.78. The van der Waals surface area contributed by atoms with Crippen molar-refractivity contribution in [3.63, 3.8) is 0 Å². The normalized spacial score (nSPS) is 15.8. The third-order valence-corrected chi connectivity index (χ3v) is 3.59. The number of ketones is 1. The summed E-state index contributed by atoms with van der Waals surface area (Å²) < 4.78 is 5.14. The van der Waals surface area contributed by atoms with Crippen molar-refractivity contribution < 1.29 is 19.4 Å². The van der Waals surface area contributed by atoms with E-state index in [1.165, 1.54) is 6.92 Å². The van der Waals surface area contributed by atoms with E-state index in [4.69, 9.17) is 4.74 Å². The molecule has 5 nitrogen and oxygen atoms in total. The van der Waals surface area contributed by atoms with E-state index in [2.05, 4.69) is 0 Å². The summed E-state index contributed by atoms with van der Waals surface area (Å²) in [6.07, 6.45) is 0. The van der Waals surface area contributed by atoms with Crippen LogP contribution in [0.3, 0.4) is 0 Å². The summed E-state index contributed by atoms with van der Waals surface area (Å²) in [6.45, 7) is 8.47. The number of hydrogen-bond acceptors (Lipinski definition) is 5. The van der Waals surface area contributed by atoms with E-state index < -0.39 is 29.0 Å². The number of aliphatic hydroxyl groups is 1. The topological polar surface area (TPSA) is 66.8 Å². The molecule has 0 amide bonds. The number of nitrogens with zero attached hydrogens (tertiary/aromatic N) is 1. The first kappa shape index (κ1) is 19.3. The summed E-state index contributed by atoms with van der Waals surface area (Å²) in [6, 6.07) is 9.06. The van der Waals surface area contributed by atoms with Gasteiger partial charge in [0.05, 0.1) is 6.04 Å². The van der Waals surface area contributed by atoms with E-state index in [-0.39, 0.29) is 0 Å². The van der Waals surface area contributed by atoms with Gasteiger partial charge in [0.2, 0.25) is 5.60 Å². The Morgan fingerprint density at radius 1 is 1.17 bits per heavy atom. The van der Waals surface area contributed by atoms with Gasteiger partial charge >= 0.3 is 5.97 Å². The second kappa shape index (κ2) is 7.23. The Morgan fingerprint density at radius 3 is 2.17 bits per heavy atom. The molecule has 1 aromatic carbocycles. The van der Waals surface area contributed by atoms with Crippen LogP contribution in [0.5, 0.6) is 0 Å². The SMILES string of the molecule is C[C@@H](C(=O)C(C)(O)C(=O)OC(C)(C)C)N(C)Cc1ccccc1. The lowest BCUT2D eigenvalue weighted by Crippen LogP contribution is -2.54. The van der Waals surface area contributed by atoms with Gasteiger partial charge in [-0.25, -0.2) is 4.79 Å². The molecule has 1 N–H and O–H groups in total. The second-order valence-corrected chi connectivity index (χ2v) is 7.02. The fourth-order valence-corrected chi connectivity index (χ4v) is 2.09. The van der Waals surface area contributed by atoms with Gasteiger partial charge in [-0.05, 0) is 47.2 Å². The number of rotatable bonds is 6. The summed E-state index contributed by atoms with van der Waals surface area (Å²) in [5.74, 6) is -1.50. The number of carbonyl (C=O) groups excluding carboxylic acids is 2. The lowest BCUT2D eigenvalue weighted by atomic mass is 9.94. The number of likely N-dealkylation sites (N-methyl/N-ethyl adjacent to an activating group) is 1. The first-order valence-corrected chi connectivity index (χ1v) is 7.69. The Hall–Kier alpha value is -1.72. The minimum absolute atomic E-state index is 0.540. The predicted octanol–water partition coefficient (Wildman–Crippen LogP) is 2.17. The van der Waals surface area contributed by atoms with Gasteiger partial charge in [-0.1, -0.05) is 30.3 Å². The van der Waals surface area contributed by atoms with Gasteiger partial charge in [-0.2, -0.15) is 0 Å². The number of carbonyl (C=O) groups is 2. The molecular weight excluding hydrogens is 294 g/mol. The van der Waals surface area contributed by atoms with Crippen LogP contribution in [0.4, 0.5) is 0 Å². The molecule has 5 heteroatoms. The van der Waals surface area contributed by atoms with E-state index in [0.717, 1.165) is 5.56 Å². The first-order chi connectivity index (χ1) is 10.4. The van der Waals surface area contributed by atoms with Crippen molar-refractivity contribution in [2.24, 2.45) is 0 Å². The zero-order chi connectivity index (χ0) is 17.8. The highest BCUT2D eigenvalue weighted by molar-refractivity contribution is 6.08. The monoisotopic (exact) mass is 321 g/mol. The van der Waals surface area contributed by atoms with Crippen LogP contribution in [0.2, 0.25) is 0 Å². The van der Waals surface area contributed by atoms with Crippen molar-refractivity contribution in [1.82, 2.24) is 4.90 Å². The average Bonchev–Trinajstić information content (AvgIpc) is 2.44. The van der Waals surface area contributed by atoms with Crippen LogP contribution >= 0.6 is 0 Å². The minimum atomic E-state index is -2.17. The lowest BCUT2D eigenvalue weighted by Gasteiger charge is -2.31. The molecule has 2 atom stereocenters. The summed E-state index contributed by atoms with van der Waals surface area (Å²) in [5.41, 5.74) is -1.88. The van der Waals surface area contributed by atoms with Crippen molar-refractivity contribution in [1.29, 1.82) is 0 Å². The standard InChI is InChI=1S/C18H27NO4/c1-13(19(6)12-14-10-8-7-9-11-14)15(20)18(5,22)16(21)23-17(2,3)4/h7-11,13,22H,12H2,1-6H3/t13-,18?/m0/s1. The maximum atomic E-state index is 12.5. The van der Waals surface area contributed by atoms with Crippen LogP contribution in [0.25, 0.3) is 0 Å². The maximum Gasteiger partial charge on any atom is 0.346 e. The summed E-state index contributed by atoms with van der Waals surface area (Å²) >= 11 is 0. The molecule has 128 valence electrons. The molecule has 0 heterocycles. The van der Waals surface area contributed by atoms with Gasteiger partial charge in [-0.15, -0.1) is 0 Å². The molecule has 0 aliphatic rings. The molecule has 0 saturated carbocycles. The highest BCUT2D eigenvalue weighted by Gasteiger charge is 2.45. The van der Waals surface area contributed by atoms with Crippen LogP contribution in [-0.2, 0) is 20.9 Å². The molecule has 0 fully saturated rings. The molecule has 23 heavy (non-hydrogen) atoms. The zero-order valence-corrected chi connectivity index (χ0v) is 14.8. The fourth-order valence-electron chi connectivity index (χ4n) is 2.09. The third-order valence-electron chi connectivity index (χ3n) is 3.59. The predicted molar refractivity (Wildman–Crippen MR) is 88.8 cm³/mol. The van der Waals surface area contributed by atoms with Crippen LogP contribution in [0.1, 0.15) is 40.2 Å². The molecule has 1 rings (SSSR count). The minimum Gasteiger partial charge on any atom is -0.457 e. The molecule has 0 saturated heterocycles. The number of esters is 1.